The van der Waals surface area contributed by atoms with Gasteiger partial charge in [0.05, 0.1) is 11.4 Å². The molecule has 2 aromatic carbocycles. The van der Waals surface area contributed by atoms with Gasteiger partial charge in [0.15, 0.2) is 4.34 Å². The average Bonchev–Trinajstić information content (AvgIpc) is 3.10. The summed E-state index contributed by atoms with van der Waals surface area (Å²) in [6, 6.07) is 7.84. The first kappa shape index (κ1) is 21.8. The number of thioether (sulfide) groups is 1. The van der Waals surface area contributed by atoms with Gasteiger partial charge in [-0.1, -0.05) is 23.1 Å². The zero-order chi connectivity index (χ0) is 21.7. The molecule has 0 aliphatic heterocycles. The topological polar surface area (TPSA) is 76.1 Å². The summed E-state index contributed by atoms with van der Waals surface area (Å²) in [5.74, 6) is -2.60. The maximum absolute atomic E-state index is 13.5. The highest BCUT2D eigenvalue weighted by atomic mass is 32.2. The molecule has 30 heavy (non-hydrogen) atoms. The van der Waals surface area contributed by atoms with E-state index in [9.17, 15) is 26.7 Å². The average molecular weight is 462 g/mol. The van der Waals surface area contributed by atoms with Crippen molar-refractivity contribution in [1.82, 2.24) is 10.2 Å². The Hall–Kier alpha value is -2.93. The lowest BCUT2D eigenvalue weighted by molar-refractivity contribution is -0.274. The van der Waals surface area contributed by atoms with Crippen LogP contribution in [0.4, 0.5) is 38.5 Å². The number of ether oxygens (including phenoxy) is 1. The van der Waals surface area contributed by atoms with Crippen LogP contribution < -0.4 is 15.4 Å². The minimum absolute atomic E-state index is 0.0884. The molecule has 0 bridgehead atoms. The van der Waals surface area contributed by atoms with Crippen LogP contribution >= 0.6 is 23.1 Å². The summed E-state index contributed by atoms with van der Waals surface area (Å²) in [5.41, 5.74) is 0.321. The smallest absolute Gasteiger partial charge is 0.406 e. The Balaban J connectivity index is 1.50. The standard InChI is InChI=1S/C17H11F5N4O2S2/c18-9-1-6-13(12(19)7-9)24-14(27)8-29-16-26-25-15(30-16)23-10-2-4-11(5-3-10)28-17(20,21)22/h1-7H,8H2,(H,23,25)(H,24,27). The summed E-state index contributed by atoms with van der Waals surface area (Å²) in [6.45, 7) is 0. The highest BCUT2D eigenvalue weighted by molar-refractivity contribution is 8.01. The number of carbonyl (C=O) groups is 1. The van der Waals surface area contributed by atoms with Crippen molar-refractivity contribution in [3.8, 4) is 5.75 Å². The monoisotopic (exact) mass is 462 g/mol. The molecule has 1 aromatic heterocycles. The van der Waals surface area contributed by atoms with Crippen molar-refractivity contribution >= 4 is 45.5 Å². The minimum atomic E-state index is -4.77. The normalized spacial score (nSPS) is 11.2. The lowest BCUT2D eigenvalue weighted by Crippen LogP contribution is -2.16. The molecule has 0 radical (unpaired) electrons. The fourth-order valence-corrected chi connectivity index (χ4v) is 3.66. The highest BCUT2D eigenvalue weighted by Gasteiger charge is 2.30. The van der Waals surface area contributed by atoms with Crippen LogP contribution in [-0.2, 0) is 4.79 Å². The van der Waals surface area contributed by atoms with Gasteiger partial charge in [0, 0.05) is 11.8 Å². The Morgan fingerprint density at radius 3 is 2.50 bits per heavy atom. The first-order valence-corrected chi connectivity index (χ1v) is 9.82. The summed E-state index contributed by atoms with van der Waals surface area (Å²) in [5, 5.41) is 13.3. The molecule has 6 nitrogen and oxygen atoms in total. The number of rotatable bonds is 7. The van der Waals surface area contributed by atoms with Crippen molar-refractivity contribution in [1.29, 1.82) is 0 Å². The zero-order valence-electron chi connectivity index (χ0n) is 14.7. The first-order valence-electron chi connectivity index (χ1n) is 8.02. The SMILES string of the molecule is O=C(CSc1nnc(Nc2ccc(OC(F)(F)F)cc2)s1)Nc1ccc(F)cc1F. The number of nitrogens with zero attached hydrogens (tertiary/aromatic N) is 2. The molecule has 3 aromatic rings. The van der Waals surface area contributed by atoms with Gasteiger partial charge in [-0.3, -0.25) is 4.79 Å². The van der Waals surface area contributed by atoms with E-state index in [1.165, 1.54) is 12.1 Å². The second kappa shape index (κ2) is 9.26. The van der Waals surface area contributed by atoms with Crippen molar-refractivity contribution in [2.45, 2.75) is 10.7 Å². The molecule has 0 fully saturated rings. The molecule has 0 aliphatic carbocycles. The summed E-state index contributed by atoms with van der Waals surface area (Å²) >= 11 is 2.16. The molecular formula is C17H11F5N4O2S2. The van der Waals surface area contributed by atoms with E-state index < -0.39 is 23.9 Å². The Morgan fingerprint density at radius 2 is 1.83 bits per heavy atom. The summed E-state index contributed by atoms with van der Waals surface area (Å²) < 4.78 is 67.1. The van der Waals surface area contributed by atoms with Crippen LogP contribution in [0.25, 0.3) is 0 Å². The minimum Gasteiger partial charge on any atom is -0.406 e. The predicted octanol–water partition coefficient (Wildman–Crippen LogP) is 5.19. The summed E-state index contributed by atoms with van der Waals surface area (Å²) in [4.78, 5) is 11.9. The summed E-state index contributed by atoms with van der Waals surface area (Å²) in [6.07, 6.45) is -4.77. The van der Waals surface area contributed by atoms with Gasteiger partial charge >= 0.3 is 6.36 Å². The number of amides is 1. The first-order chi connectivity index (χ1) is 14.2. The van der Waals surface area contributed by atoms with Crippen molar-refractivity contribution < 1.29 is 31.5 Å². The molecule has 158 valence electrons. The van der Waals surface area contributed by atoms with Crippen molar-refractivity contribution in [2.24, 2.45) is 0 Å². The molecule has 1 amide bonds. The Morgan fingerprint density at radius 1 is 1.10 bits per heavy atom. The van der Waals surface area contributed by atoms with E-state index >= 15 is 0 Å². The maximum atomic E-state index is 13.5. The van der Waals surface area contributed by atoms with Crippen LogP contribution in [0.5, 0.6) is 5.75 Å². The van der Waals surface area contributed by atoms with Crippen molar-refractivity contribution in [3.05, 3.63) is 54.1 Å². The molecule has 1 heterocycles. The van der Waals surface area contributed by atoms with Gasteiger partial charge in [0.25, 0.3) is 0 Å². The third kappa shape index (κ3) is 6.56. The maximum Gasteiger partial charge on any atom is 0.573 e. The van der Waals surface area contributed by atoms with Gasteiger partial charge in [0.1, 0.15) is 17.4 Å². The largest absolute Gasteiger partial charge is 0.573 e. The van der Waals surface area contributed by atoms with Gasteiger partial charge in [-0.2, -0.15) is 0 Å². The molecule has 2 N–H and O–H groups in total. The fraction of sp³-hybridized carbons (Fsp3) is 0.118. The lowest BCUT2D eigenvalue weighted by atomic mass is 10.3. The number of alkyl halides is 3. The number of hydrogen-bond donors (Lipinski definition) is 2. The van der Waals surface area contributed by atoms with E-state index in [1.807, 2.05) is 0 Å². The number of aromatic nitrogens is 2. The van der Waals surface area contributed by atoms with Gasteiger partial charge < -0.3 is 15.4 Å². The highest BCUT2D eigenvalue weighted by Crippen LogP contribution is 2.29. The molecule has 0 unspecified atom stereocenters. The molecule has 0 spiro atoms. The number of nitrogens with one attached hydrogen (secondary N) is 2. The number of benzene rings is 2. The van der Waals surface area contributed by atoms with Gasteiger partial charge in [-0.25, -0.2) is 8.78 Å². The van der Waals surface area contributed by atoms with E-state index in [0.29, 0.717) is 21.2 Å². The van der Waals surface area contributed by atoms with Crippen LogP contribution in [0.2, 0.25) is 0 Å². The molecule has 13 heteroatoms. The van der Waals surface area contributed by atoms with Crippen LogP contribution in [0, 0.1) is 11.6 Å². The van der Waals surface area contributed by atoms with Gasteiger partial charge in [-0.05, 0) is 36.4 Å². The van der Waals surface area contributed by atoms with Gasteiger partial charge in [0.2, 0.25) is 11.0 Å². The van der Waals surface area contributed by atoms with E-state index in [4.69, 9.17) is 0 Å². The predicted molar refractivity (Wildman–Crippen MR) is 102 cm³/mol. The molecular weight excluding hydrogens is 451 g/mol. The van der Waals surface area contributed by atoms with Crippen molar-refractivity contribution in [3.63, 3.8) is 0 Å². The second-order valence-electron chi connectivity index (χ2n) is 5.53. The van der Waals surface area contributed by atoms with Crippen molar-refractivity contribution in [2.75, 3.05) is 16.4 Å². The Kier molecular flexibility index (Phi) is 6.72. The zero-order valence-corrected chi connectivity index (χ0v) is 16.3. The quantitative estimate of drug-likeness (QED) is 0.372. The lowest BCUT2D eigenvalue weighted by Gasteiger charge is -2.09. The van der Waals surface area contributed by atoms with Crippen LogP contribution in [-0.4, -0.2) is 28.2 Å². The van der Waals surface area contributed by atoms with E-state index in [2.05, 4.69) is 25.6 Å². The number of anilines is 3. The van der Waals surface area contributed by atoms with Crippen LogP contribution in [0.3, 0.4) is 0 Å². The van der Waals surface area contributed by atoms with E-state index in [0.717, 1.165) is 47.4 Å². The molecule has 0 atom stereocenters. The summed E-state index contributed by atoms with van der Waals surface area (Å²) in [7, 11) is 0. The number of halogens is 5. The second-order valence-corrected chi connectivity index (χ2v) is 7.73. The third-order valence-electron chi connectivity index (χ3n) is 3.28. The number of hydrogen-bond acceptors (Lipinski definition) is 7. The molecule has 0 saturated heterocycles. The molecule has 3 rings (SSSR count). The van der Waals surface area contributed by atoms with E-state index in [-0.39, 0.29) is 17.2 Å². The van der Waals surface area contributed by atoms with Gasteiger partial charge in [-0.15, -0.1) is 23.4 Å². The molecule has 0 aliphatic rings. The van der Waals surface area contributed by atoms with Crippen LogP contribution in [0.1, 0.15) is 0 Å². The van der Waals surface area contributed by atoms with Crippen LogP contribution in [0.15, 0.2) is 46.8 Å². The molecule has 0 saturated carbocycles. The Bertz CT molecular complexity index is 1030. The third-order valence-corrected chi connectivity index (χ3v) is 5.25. The number of carbonyl (C=O) groups excluding carboxylic acids is 1. The van der Waals surface area contributed by atoms with E-state index in [1.54, 1.807) is 0 Å². The Labute approximate surface area is 174 Å². The fourth-order valence-electron chi connectivity index (χ4n) is 2.09.